The molecule has 2 atom stereocenters. The van der Waals surface area contributed by atoms with Gasteiger partial charge in [0, 0.05) is 43.4 Å². The maximum Gasteiger partial charge on any atom is 0.254 e. The molecule has 1 fully saturated rings. The van der Waals surface area contributed by atoms with Crippen molar-refractivity contribution in [2.75, 3.05) is 26.8 Å². The van der Waals surface area contributed by atoms with Gasteiger partial charge >= 0.3 is 0 Å². The predicted octanol–water partition coefficient (Wildman–Crippen LogP) is 2.91. The van der Waals surface area contributed by atoms with Gasteiger partial charge in [-0.3, -0.25) is 14.6 Å². The second kappa shape index (κ2) is 12.6. The van der Waals surface area contributed by atoms with Crippen molar-refractivity contribution in [1.29, 1.82) is 0 Å². The third kappa shape index (κ3) is 7.14. The van der Waals surface area contributed by atoms with Crippen molar-refractivity contribution in [1.82, 2.24) is 15.2 Å². The summed E-state index contributed by atoms with van der Waals surface area (Å²) < 4.78 is 5.52. The van der Waals surface area contributed by atoms with Gasteiger partial charge in [0.1, 0.15) is 25.6 Å². The topological polar surface area (TPSA) is 113 Å². The van der Waals surface area contributed by atoms with Gasteiger partial charge in [-0.2, -0.15) is 0 Å². The van der Waals surface area contributed by atoms with E-state index in [0.717, 1.165) is 11.1 Å². The number of carbonyl (C=O) groups excluding carboxylic acids is 2. The van der Waals surface area contributed by atoms with Crippen molar-refractivity contribution in [3.8, 4) is 16.9 Å². The van der Waals surface area contributed by atoms with Crippen molar-refractivity contribution in [3.05, 3.63) is 84.7 Å². The average molecular weight is 503 g/mol. The third-order valence-electron chi connectivity index (χ3n) is 6.01. The van der Waals surface area contributed by atoms with Crippen LogP contribution >= 0.6 is 0 Å². The molecule has 0 radical (unpaired) electrons. The van der Waals surface area contributed by atoms with E-state index in [9.17, 15) is 14.7 Å². The Kier molecular flexibility index (Phi) is 8.83. The second-order valence-corrected chi connectivity index (χ2v) is 8.74. The average Bonchev–Trinajstić information content (AvgIpc) is 3.33. The second-order valence-electron chi connectivity index (χ2n) is 8.74. The molecule has 1 saturated heterocycles. The Bertz CT molecular complexity index is 1200. The molecule has 4 rings (SSSR count). The number of para-hydroxylation sites is 1. The van der Waals surface area contributed by atoms with Gasteiger partial charge in [-0.15, -0.1) is 0 Å². The summed E-state index contributed by atoms with van der Waals surface area (Å²) in [7, 11) is 1.45. The Balaban J connectivity index is 1.34. The van der Waals surface area contributed by atoms with E-state index in [4.69, 9.17) is 9.57 Å². The molecule has 1 aromatic heterocycles. The molecule has 1 unspecified atom stereocenters. The lowest BCUT2D eigenvalue weighted by Gasteiger charge is -2.24. The van der Waals surface area contributed by atoms with Gasteiger partial charge in [0.25, 0.3) is 5.91 Å². The van der Waals surface area contributed by atoms with Crippen LogP contribution in [0.5, 0.6) is 5.75 Å². The fourth-order valence-corrected chi connectivity index (χ4v) is 4.18. The number of hydrogen-bond donors (Lipinski definition) is 2. The summed E-state index contributed by atoms with van der Waals surface area (Å²) in [5.74, 6) is 0.187. The van der Waals surface area contributed by atoms with E-state index < -0.39 is 6.10 Å². The van der Waals surface area contributed by atoms with Crippen molar-refractivity contribution in [3.63, 3.8) is 0 Å². The maximum atomic E-state index is 13.4. The zero-order chi connectivity index (χ0) is 26.0. The molecular formula is C28H30N4O5. The predicted molar refractivity (Wildman–Crippen MR) is 139 cm³/mol. The van der Waals surface area contributed by atoms with E-state index in [-0.39, 0.29) is 44.0 Å². The number of hydrogen-bond acceptors (Lipinski definition) is 7. The molecule has 37 heavy (non-hydrogen) atoms. The van der Waals surface area contributed by atoms with E-state index >= 15 is 0 Å². The molecule has 1 aliphatic rings. The SMILES string of the molecule is CON=C1C[C@@H](CC(=O)NCC(O)COc2ccccc2)N(C(=O)c2ccc(-c3cccnc3)cc2)C1. The summed E-state index contributed by atoms with van der Waals surface area (Å²) in [4.78, 5) is 36.7. The van der Waals surface area contributed by atoms with Gasteiger partial charge in [-0.1, -0.05) is 41.6 Å². The molecular weight excluding hydrogens is 472 g/mol. The monoisotopic (exact) mass is 502 g/mol. The van der Waals surface area contributed by atoms with Crippen LogP contribution in [0.4, 0.5) is 0 Å². The van der Waals surface area contributed by atoms with E-state index in [0.29, 0.717) is 23.4 Å². The van der Waals surface area contributed by atoms with Crippen molar-refractivity contribution in [2.24, 2.45) is 5.16 Å². The molecule has 2 heterocycles. The van der Waals surface area contributed by atoms with Crippen molar-refractivity contribution in [2.45, 2.75) is 25.0 Å². The number of pyridine rings is 1. The molecule has 0 bridgehead atoms. The first-order chi connectivity index (χ1) is 18.0. The fraction of sp³-hybridized carbons (Fsp3) is 0.286. The number of rotatable bonds is 10. The highest BCUT2D eigenvalue weighted by Gasteiger charge is 2.35. The largest absolute Gasteiger partial charge is 0.491 e. The number of aliphatic hydroxyl groups excluding tert-OH is 1. The summed E-state index contributed by atoms with van der Waals surface area (Å²) in [6.45, 7) is 0.377. The molecule has 2 aromatic carbocycles. The molecule has 192 valence electrons. The maximum absolute atomic E-state index is 13.4. The normalized spacial score (nSPS) is 16.9. The molecule has 0 saturated carbocycles. The molecule has 0 aliphatic carbocycles. The Morgan fingerprint density at radius 2 is 1.89 bits per heavy atom. The molecule has 3 aromatic rings. The van der Waals surface area contributed by atoms with Crippen LogP contribution in [0, 0.1) is 0 Å². The summed E-state index contributed by atoms with van der Waals surface area (Å²) in [5.41, 5.74) is 3.13. The van der Waals surface area contributed by atoms with E-state index in [1.54, 1.807) is 41.6 Å². The first-order valence-electron chi connectivity index (χ1n) is 12.1. The van der Waals surface area contributed by atoms with Crippen LogP contribution in [0.15, 0.2) is 84.3 Å². The highest BCUT2D eigenvalue weighted by Crippen LogP contribution is 2.24. The summed E-state index contributed by atoms with van der Waals surface area (Å²) >= 11 is 0. The molecule has 2 N–H and O–H groups in total. The lowest BCUT2D eigenvalue weighted by molar-refractivity contribution is -0.122. The summed E-state index contributed by atoms with van der Waals surface area (Å²) in [6.07, 6.45) is 3.12. The lowest BCUT2D eigenvalue weighted by Crippen LogP contribution is -2.41. The number of aromatic nitrogens is 1. The fourth-order valence-electron chi connectivity index (χ4n) is 4.18. The van der Waals surface area contributed by atoms with Crippen LogP contribution in [0.1, 0.15) is 23.2 Å². The summed E-state index contributed by atoms with van der Waals surface area (Å²) in [5, 5.41) is 16.9. The molecule has 9 nitrogen and oxygen atoms in total. The number of amides is 2. The number of likely N-dealkylation sites (tertiary alicyclic amines) is 1. The molecule has 0 spiro atoms. The van der Waals surface area contributed by atoms with Gasteiger partial charge in [0.05, 0.1) is 12.3 Å². The van der Waals surface area contributed by atoms with Crippen LogP contribution in [0.2, 0.25) is 0 Å². The van der Waals surface area contributed by atoms with E-state index in [1.165, 1.54) is 7.11 Å². The third-order valence-corrected chi connectivity index (χ3v) is 6.01. The highest BCUT2D eigenvalue weighted by molar-refractivity contribution is 6.01. The van der Waals surface area contributed by atoms with Gasteiger partial charge in [-0.25, -0.2) is 0 Å². The molecule has 9 heteroatoms. The number of oxime groups is 1. The molecule has 1 aliphatic heterocycles. The van der Waals surface area contributed by atoms with E-state index in [1.807, 2.05) is 42.5 Å². The Morgan fingerprint density at radius 3 is 2.59 bits per heavy atom. The van der Waals surface area contributed by atoms with Crippen LogP contribution in [0.25, 0.3) is 11.1 Å². The Morgan fingerprint density at radius 1 is 1.11 bits per heavy atom. The molecule has 2 amide bonds. The zero-order valence-electron chi connectivity index (χ0n) is 20.6. The number of nitrogens with zero attached hydrogens (tertiary/aromatic N) is 3. The summed E-state index contributed by atoms with van der Waals surface area (Å²) in [6, 6.07) is 19.9. The zero-order valence-corrected chi connectivity index (χ0v) is 20.6. The quantitative estimate of drug-likeness (QED) is 0.412. The number of ether oxygens (including phenoxy) is 1. The number of benzene rings is 2. The van der Waals surface area contributed by atoms with Gasteiger partial charge in [-0.05, 0) is 41.5 Å². The number of aliphatic hydroxyl groups is 1. The number of nitrogens with one attached hydrogen (secondary N) is 1. The lowest BCUT2D eigenvalue weighted by atomic mass is 10.0. The first kappa shape index (κ1) is 25.8. The van der Waals surface area contributed by atoms with Crippen molar-refractivity contribution >= 4 is 17.5 Å². The smallest absolute Gasteiger partial charge is 0.254 e. The standard InChI is InChI=1S/C28H30N4O5/c1-36-31-23-14-24(15-27(34)30-17-25(33)19-37-26-7-3-2-4-8-26)32(18-23)28(35)21-11-9-20(10-12-21)22-6-5-13-29-16-22/h2-13,16,24-25,33H,14-15,17-19H2,1H3,(H,30,34)/t24-,25?/m0/s1. The van der Waals surface area contributed by atoms with Gasteiger partial charge in [0.15, 0.2) is 0 Å². The Hall–Kier alpha value is -4.24. The Labute approximate surface area is 215 Å². The minimum absolute atomic E-state index is 0.0428. The van der Waals surface area contributed by atoms with Crippen LogP contribution in [-0.2, 0) is 9.63 Å². The van der Waals surface area contributed by atoms with Crippen LogP contribution < -0.4 is 10.1 Å². The van der Waals surface area contributed by atoms with Crippen molar-refractivity contribution < 1.29 is 24.3 Å². The first-order valence-corrected chi connectivity index (χ1v) is 12.1. The van der Waals surface area contributed by atoms with E-state index in [2.05, 4.69) is 15.5 Å². The minimum atomic E-state index is -0.866. The van der Waals surface area contributed by atoms with Gasteiger partial charge in [0.2, 0.25) is 5.91 Å². The van der Waals surface area contributed by atoms with Gasteiger partial charge < -0.3 is 24.9 Å². The highest BCUT2D eigenvalue weighted by atomic mass is 16.6. The van der Waals surface area contributed by atoms with Crippen LogP contribution in [-0.4, -0.2) is 71.5 Å². The van der Waals surface area contributed by atoms with Crippen LogP contribution in [0.3, 0.4) is 0 Å². The minimum Gasteiger partial charge on any atom is -0.491 e. The number of carbonyl (C=O) groups is 2.